The summed E-state index contributed by atoms with van der Waals surface area (Å²) in [7, 11) is 0. The molecule has 0 saturated carbocycles. The molecule has 4 rings (SSSR count). The van der Waals surface area contributed by atoms with E-state index in [4.69, 9.17) is 5.11 Å². The molecule has 150 valence electrons. The molecule has 2 N–H and O–H groups in total. The first-order valence-corrected chi connectivity index (χ1v) is 9.89. The number of aromatic nitrogens is 4. The average Bonchev–Trinajstić information content (AvgIpc) is 3.27. The molecule has 0 bridgehead atoms. The summed E-state index contributed by atoms with van der Waals surface area (Å²) >= 11 is 0. The zero-order valence-electron chi connectivity index (χ0n) is 16.5. The third-order valence-electron chi connectivity index (χ3n) is 4.57. The molecule has 0 unspecified atom stereocenters. The summed E-state index contributed by atoms with van der Waals surface area (Å²) in [5, 5.41) is 20.7. The van der Waals surface area contributed by atoms with Crippen molar-refractivity contribution >= 4 is 23.5 Å². The van der Waals surface area contributed by atoms with Crippen molar-refractivity contribution in [2.45, 2.75) is 12.8 Å². The van der Waals surface area contributed by atoms with Crippen molar-refractivity contribution < 1.29 is 5.11 Å². The first-order chi connectivity index (χ1) is 14.8. The number of benzene rings is 2. The van der Waals surface area contributed by atoms with E-state index in [1.807, 2.05) is 66.9 Å². The van der Waals surface area contributed by atoms with Gasteiger partial charge in [-0.25, -0.2) is 4.68 Å². The number of aliphatic hydroxyl groups excluding tert-OH is 1. The number of nitrogens with one attached hydrogen (secondary N) is 1. The minimum absolute atomic E-state index is 0.160. The van der Waals surface area contributed by atoms with Crippen molar-refractivity contribution in [3.8, 4) is 5.69 Å². The van der Waals surface area contributed by atoms with E-state index >= 15 is 0 Å². The van der Waals surface area contributed by atoms with Crippen molar-refractivity contribution in [3.05, 3.63) is 96.1 Å². The van der Waals surface area contributed by atoms with E-state index in [9.17, 15) is 0 Å². The van der Waals surface area contributed by atoms with E-state index in [2.05, 4.69) is 38.8 Å². The van der Waals surface area contributed by atoms with Gasteiger partial charge in [-0.3, -0.25) is 4.98 Å². The van der Waals surface area contributed by atoms with Crippen LogP contribution >= 0.6 is 0 Å². The summed E-state index contributed by atoms with van der Waals surface area (Å²) in [6.07, 6.45) is 9.15. The van der Waals surface area contributed by atoms with E-state index in [-0.39, 0.29) is 6.61 Å². The largest absolute Gasteiger partial charge is 0.396 e. The Morgan fingerprint density at radius 3 is 2.63 bits per heavy atom. The van der Waals surface area contributed by atoms with Gasteiger partial charge in [-0.15, -0.1) is 5.10 Å². The van der Waals surface area contributed by atoms with Gasteiger partial charge in [0, 0.05) is 24.2 Å². The Kier molecular flexibility index (Phi) is 6.27. The van der Waals surface area contributed by atoms with Gasteiger partial charge in [0.2, 0.25) is 0 Å². The van der Waals surface area contributed by atoms with Gasteiger partial charge in [-0.05, 0) is 73.0 Å². The highest BCUT2D eigenvalue weighted by molar-refractivity contribution is 5.71. The van der Waals surface area contributed by atoms with Crippen LogP contribution in [-0.4, -0.2) is 31.7 Å². The minimum Gasteiger partial charge on any atom is -0.396 e. The fourth-order valence-corrected chi connectivity index (χ4v) is 3.04. The highest BCUT2D eigenvalue weighted by Crippen LogP contribution is 2.20. The topological polar surface area (TPSA) is 75.9 Å². The third kappa shape index (κ3) is 5.18. The lowest BCUT2D eigenvalue weighted by molar-refractivity contribution is 0.288. The number of hydrogen-bond acceptors (Lipinski definition) is 5. The Hall–Kier alpha value is -3.77. The molecule has 0 amide bonds. The van der Waals surface area contributed by atoms with Gasteiger partial charge < -0.3 is 10.4 Å². The second kappa shape index (κ2) is 9.62. The molecule has 0 aliphatic rings. The summed E-state index contributed by atoms with van der Waals surface area (Å²) in [5.74, 6) is 0. The zero-order valence-corrected chi connectivity index (χ0v) is 16.5. The molecule has 2 aromatic heterocycles. The average molecular weight is 397 g/mol. The van der Waals surface area contributed by atoms with Crippen LogP contribution in [0.4, 0.5) is 11.4 Å². The summed E-state index contributed by atoms with van der Waals surface area (Å²) in [6.45, 7) is 0.160. The molecule has 2 aromatic carbocycles. The Morgan fingerprint density at radius 1 is 0.933 bits per heavy atom. The van der Waals surface area contributed by atoms with E-state index in [1.54, 1.807) is 10.9 Å². The summed E-state index contributed by atoms with van der Waals surface area (Å²) < 4.78 is 1.75. The lowest BCUT2D eigenvalue weighted by Crippen LogP contribution is -1.96. The molecule has 0 atom stereocenters. The van der Waals surface area contributed by atoms with Crippen LogP contribution < -0.4 is 5.32 Å². The van der Waals surface area contributed by atoms with Crippen LogP contribution in [0, 0.1) is 0 Å². The van der Waals surface area contributed by atoms with Crippen molar-refractivity contribution in [2.24, 2.45) is 0 Å². The molecule has 0 saturated heterocycles. The SMILES string of the molecule is OCCCc1cn(-c2ccc(Nc3cccc(C=Cc4ccccn4)c3)cc2)nn1. The second-order valence-electron chi connectivity index (χ2n) is 6.87. The van der Waals surface area contributed by atoms with Crippen LogP contribution in [0.15, 0.2) is 79.1 Å². The molecule has 6 heteroatoms. The highest BCUT2D eigenvalue weighted by atomic mass is 16.2. The molecular formula is C24H23N5O. The molecule has 0 radical (unpaired) electrons. The Morgan fingerprint density at radius 2 is 1.83 bits per heavy atom. The van der Waals surface area contributed by atoms with Gasteiger partial charge in [-0.2, -0.15) is 0 Å². The van der Waals surface area contributed by atoms with Crippen molar-refractivity contribution in [3.63, 3.8) is 0 Å². The summed E-state index contributed by atoms with van der Waals surface area (Å²) in [5.41, 5.74) is 5.85. The first-order valence-electron chi connectivity index (χ1n) is 9.89. The van der Waals surface area contributed by atoms with Gasteiger partial charge >= 0.3 is 0 Å². The molecule has 30 heavy (non-hydrogen) atoms. The number of rotatable bonds is 8. The normalized spacial score (nSPS) is 11.1. The highest BCUT2D eigenvalue weighted by Gasteiger charge is 2.03. The van der Waals surface area contributed by atoms with Crippen LogP contribution in [0.2, 0.25) is 0 Å². The lowest BCUT2D eigenvalue weighted by atomic mass is 10.1. The number of aliphatic hydroxyl groups is 1. The molecular weight excluding hydrogens is 374 g/mol. The number of anilines is 2. The van der Waals surface area contributed by atoms with Crippen molar-refractivity contribution in [2.75, 3.05) is 11.9 Å². The number of hydrogen-bond donors (Lipinski definition) is 2. The summed E-state index contributed by atoms with van der Waals surface area (Å²) in [6, 6.07) is 22.1. The quantitative estimate of drug-likeness (QED) is 0.458. The molecule has 6 nitrogen and oxygen atoms in total. The molecule has 2 heterocycles. The number of nitrogens with zero attached hydrogens (tertiary/aromatic N) is 4. The maximum Gasteiger partial charge on any atom is 0.0832 e. The van der Waals surface area contributed by atoms with Crippen molar-refractivity contribution in [1.82, 2.24) is 20.0 Å². The van der Waals surface area contributed by atoms with Crippen molar-refractivity contribution in [1.29, 1.82) is 0 Å². The van der Waals surface area contributed by atoms with Gasteiger partial charge in [-0.1, -0.05) is 29.5 Å². The smallest absolute Gasteiger partial charge is 0.0832 e. The molecule has 0 aliphatic heterocycles. The fraction of sp³-hybridized carbons (Fsp3) is 0.125. The number of aryl methyl sites for hydroxylation is 1. The monoisotopic (exact) mass is 397 g/mol. The lowest BCUT2D eigenvalue weighted by Gasteiger charge is -2.08. The Bertz CT molecular complexity index is 1100. The summed E-state index contributed by atoms with van der Waals surface area (Å²) in [4.78, 5) is 4.31. The van der Waals surface area contributed by atoms with Gasteiger partial charge in [0.25, 0.3) is 0 Å². The first kappa shape index (κ1) is 19.5. The maximum atomic E-state index is 8.93. The third-order valence-corrected chi connectivity index (χ3v) is 4.57. The van der Waals surface area contributed by atoms with Gasteiger partial charge in [0.1, 0.15) is 0 Å². The fourth-order valence-electron chi connectivity index (χ4n) is 3.04. The van der Waals surface area contributed by atoms with Crippen LogP contribution in [0.1, 0.15) is 23.4 Å². The van der Waals surface area contributed by atoms with E-state index in [1.165, 1.54) is 0 Å². The van der Waals surface area contributed by atoms with E-state index < -0.39 is 0 Å². The minimum atomic E-state index is 0.160. The zero-order chi connectivity index (χ0) is 20.6. The van der Waals surface area contributed by atoms with Gasteiger partial charge in [0.05, 0.1) is 23.3 Å². The predicted octanol–water partition coefficient (Wildman–Crippen LogP) is 4.50. The predicted molar refractivity (Wildman–Crippen MR) is 120 cm³/mol. The van der Waals surface area contributed by atoms with E-state index in [0.29, 0.717) is 6.42 Å². The molecule has 0 spiro atoms. The van der Waals surface area contributed by atoms with Crippen LogP contribution in [0.5, 0.6) is 0 Å². The van der Waals surface area contributed by atoms with Gasteiger partial charge in [0.15, 0.2) is 0 Å². The van der Waals surface area contributed by atoms with E-state index in [0.717, 1.165) is 40.4 Å². The van der Waals surface area contributed by atoms with Crippen LogP contribution in [0.25, 0.3) is 17.8 Å². The number of pyridine rings is 1. The maximum absolute atomic E-state index is 8.93. The Balaban J connectivity index is 1.42. The standard InChI is InChI=1S/C24H23N5O/c30-16-4-8-23-18-29(28-27-23)24-13-11-21(12-14-24)26-22-7-3-5-19(17-22)9-10-20-6-1-2-15-25-20/h1-3,5-7,9-15,17-18,26,30H,4,8,16H2. The second-order valence-corrected chi connectivity index (χ2v) is 6.87. The molecule has 4 aromatic rings. The van der Waals surface area contributed by atoms with Crippen LogP contribution in [-0.2, 0) is 6.42 Å². The molecule has 0 fully saturated rings. The molecule has 0 aliphatic carbocycles. The Labute approximate surface area is 175 Å². The van der Waals surface area contributed by atoms with Crippen LogP contribution in [0.3, 0.4) is 0 Å².